The van der Waals surface area contributed by atoms with Gasteiger partial charge in [-0.2, -0.15) is 0 Å². The molecular formula is C16H19FN2O2. The summed E-state index contributed by atoms with van der Waals surface area (Å²) in [7, 11) is 0. The molecule has 4 nitrogen and oxygen atoms in total. The van der Waals surface area contributed by atoms with Gasteiger partial charge in [-0.05, 0) is 32.0 Å². The van der Waals surface area contributed by atoms with Crippen LogP contribution >= 0.6 is 0 Å². The van der Waals surface area contributed by atoms with Crippen LogP contribution in [0.25, 0.3) is 0 Å². The number of hydrogen-bond acceptors (Lipinski definition) is 3. The molecule has 1 aliphatic heterocycles. The SMILES string of the molecule is C[C@@H]1CN(C(=O)c2cc(C#CCN)ccc2F)C[C@H](C)O1. The molecule has 0 bridgehead atoms. The minimum atomic E-state index is -0.537. The van der Waals surface area contributed by atoms with Crippen LogP contribution in [-0.2, 0) is 4.74 Å². The Morgan fingerprint density at radius 1 is 1.43 bits per heavy atom. The maximum Gasteiger partial charge on any atom is 0.257 e. The van der Waals surface area contributed by atoms with Gasteiger partial charge in [-0.1, -0.05) is 11.8 Å². The van der Waals surface area contributed by atoms with E-state index in [-0.39, 0.29) is 30.2 Å². The van der Waals surface area contributed by atoms with Crippen LogP contribution < -0.4 is 5.73 Å². The van der Waals surface area contributed by atoms with Crippen molar-refractivity contribution in [1.29, 1.82) is 0 Å². The van der Waals surface area contributed by atoms with Crippen molar-refractivity contribution < 1.29 is 13.9 Å². The number of carbonyl (C=O) groups is 1. The van der Waals surface area contributed by atoms with Gasteiger partial charge in [0.2, 0.25) is 0 Å². The van der Waals surface area contributed by atoms with Gasteiger partial charge in [-0.3, -0.25) is 4.79 Å². The number of halogens is 1. The van der Waals surface area contributed by atoms with E-state index in [2.05, 4.69) is 11.8 Å². The molecule has 1 aliphatic rings. The zero-order valence-corrected chi connectivity index (χ0v) is 12.2. The van der Waals surface area contributed by atoms with E-state index < -0.39 is 5.82 Å². The summed E-state index contributed by atoms with van der Waals surface area (Å²) in [5.74, 6) is 4.64. The second-order valence-corrected chi connectivity index (χ2v) is 5.17. The monoisotopic (exact) mass is 290 g/mol. The molecule has 0 saturated carbocycles. The van der Waals surface area contributed by atoms with Crippen LogP contribution in [0.5, 0.6) is 0 Å². The van der Waals surface area contributed by atoms with E-state index in [1.165, 1.54) is 12.1 Å². The highest BCUT2D eigenvalue weighted by Crippen LogP contribution is 2.17. The third-order valence-electron chi connectivity index (χ3n) is 3.24. The van der Waals surface area contributed by atoms with Crippen LogP contribution in [0.15, 0.2) is 18.2 Å². The smallest absolute Gasteiger partial charge is 0.257 e. The Kier molecular flexibility index (Phi) is 4.94. The Bertz CT molecular complexity index is 582. The molecule has 2 N–H and O–H groups in total. The Labute approximate surface area is 124 Å². The van der Waals surface area contributed by atoms with Crippen molar-refractivity contribution in [2.45, 2.75) is 26.1 Å². The summed E-state index contributed by atoms with van der Waals surface area (Å²) < 4.78 is 19.5. The van der Waals surface area contributed by atoms with Gasteiger partial charge < -0.3 is 15.4 Å². The number of carbonyl (C=O) groups excluding carboxylic acids is 1. The van der Waals surface area contributed by atoms with E-state index in [0.717, 1.165) is 0 Å². The molecule has 0 aromatic heterocycles. The number of morpholine rings is 1. The molecule has 1 aromatic rings. The van der Waals surface area contributed by atoms with Crippen molar-refractivity contribution >= 4 is 5.91 Å². The molecule has 112 valence electrons. The first-order valence-electron chi connectivity index (χ1n) is 6.94. The topological polar surface area (TPSA) is 55.6 Å². The Morgan fingerprint density at radius 3 is 2.71 bits per heavy atom. The first-order valence-corrected chi connectivity index (χ1v) is 6.94. The average Bonchev–Trinajstić information content (AvgIpc) is 2.44. The highest BCUT2D eigenvalue weighted by atomic mass is 19.1. The zero-order valence-electron chi connectivity index (χ0n) is 12.2. The fourth-order valence-corrected chi connectivity index (χ4v) is 2.43. The van der Waals surface area contributed by atoms with Crippen molar-refractivity contribution in [3.8, 4) is 11.8 Å². The molecule has 2 rings (SSSR count). The minimum absolute atomic E-state index is 0.0418. The number of amides is 1. The molecule has 0 aliphatic carbocycles. The lowest BCUT2D eigenvalue weighted by Crippen LogP contribution is -2.48. The van der Waals surface area contributed by atoms with E-state index in [4.69, 9.17) is 10.5 Å². The standard InChI is InChI=1S/C16H19FN2O2/c1-11-9-19(10-12(2)21-11)16(20)14-8-13(4-3-7-18)5-6-15(14)17/h5-6,8,11-12H,7,9-10,18H2,1-2H3/t11-,12+. The van der Waals surface area contributed by atoms with Gasteiger partial charge in [0.1, 0.15) is 5.82 Å². The summed E-state index contributed by atoms with van der Waals surface area (Å²) in [5, 5.41) is 0. The van der Waals surface area contributed by atoms with Gasteiger partial charge in [-0.15, -0.1) is 0 Å². The maximum atomic E-state index is 13.9. The van der Waals surface area contributed by atoms with Crippen molar-refractivity contribution in [3.05, 3.63) is 35.1 Å². The quantitative estimate of drug-likeness (QED) is 0.795. The van der Waals surface area contributed by atoms with Gasteiger partial charge in [0, 0.05) is 18.7 Å². The molecular weight excluding hydrogens is 271 g/mol. The fourth-order valence-electron chi connectivity index (χ4n) is 2.43. The summed E-state index contributed by atoms with van der Waals surface area (Å²) >= 11 is 0. The maximum absolute atomic E-state index is 13.9. The molecule has 1 aromatic carbocycles. The van der Waals surface area contributed by atoms with E-state index in [0.29, 0.717) is 18.7 Å². The third-order valence-corrected chi connectivity index (χ3v) is 3.24. The predicted octanol–water partition coefficient (Wildman–Crippen LogP) is 1.39. The summed E-state index contributed by atoms with van der Waals surface area (Å²) in [4.78, 5) is 14.1. The van der Waals surface area contributed by atoms with Crippen molar-refractivity contribution in [3.63, 3.8) is 0 Å². The third kappa shape index (κ3) is 3.81. The molecule has 2 atom stereocenters. The van der Waals surface area contributed by atoms with Gasteiger partial charge in [-0.25, -0.2) is 4.39 Å². The van der Waals surface area contributed by atoms with E-state index >= 15 is 0 Å². The van der Waals surface area contributed by atoms with E-state index in [9.17, 15) is 9.18 Å². The van der Waals surface area contributed by atoms with E-state index in [1.54, 1.807) is 11.0 Å². The van der Waals surface area contributed by atoms with Gasteiger partial charge >= 0.3 is 0 Å². The molecule has 0 radical (unpaired) electrons. The molecule has 1 amide bonds. The Morgan fingerprint density at radius 2 is 2.10 bits per heavy atom. The van der Waals surface area contributed by atoms with Gasteiger partial charge in [0.05, 0.1) is 24.3 Å². The number of nitrogens with two attached hydrogens (primary N) is 1. The molecule has 1 fully saturated rings. The lowest BCUT2D eigenvalue weighted by molar-refractivity contribution is -0.0587. The first kappa shape index (κ1) is 15.5. The van der Waals surface area contributed by atoms with Crippen molar-refractivity contribution in [2.75, 3.05) is 19.6 Å². The van der Waals surface area contributed by atoms with Crippen LogP contribution in [0.1, 0.15) is 29.8 Å². The molecule has 5 heteroatoms. The fraction of sp³-hybridized carbons (Fsp3) is 0.438. The molecule has 21 heavy (non-hydrogen) atoms. The lowest BCUT2D eigenvalue weighted by atomic mass is 10.1. The minimum Gasteiger partial charge on any atom is -0.372 e. The summed E-state index contributed by atoms with van der Waals surface area (Å²) in [6, 6.07) is 4.28. The average molecular weight is 290 g/mol. The van der Waals surface area contributed by atoms with Crippen LogP contribution in [0.3, 0.4) is 0 Å². The lowest BCUT2D eigenvalue weighted by Gasteiger charge is -2.35. The predicted molar refractivity (Wildman–Crippen MR) is 78.2 cm³/mol. The van der Waals surface area contributed by atoms with Crippen molar-refractivity contribution in [1.82, 2.24) is 4.90 Å². The van der Waals surface area contributed by atoms with Crippen LogP contribution in [0.4, 0.5) is 4.39 Å². The highest BCUT2D eigenvalue weighted by Gasteiger charge is 2.28. The van der Waals surface area contributed by atoms with Crippen LogP contribution in [-0.4, -0.2) is 42.6 Å². The normalized spacial score (nSPS) is 21.6. The number of hydrogen-bond donors (Lipinski definition) is 1. The van der Waals surface area contributed by atoms with Crippen LogP contribution in [0.2, 0.25) is 0 Å². The van der Waals surface area contributed by atoms with Crippen LogP contribution in [0, 0.1) is 17.7 Å². The van der Waals surface area contributed by atoms with Gasteiger partial charge in [0.25, 0.3) is 5.91 Å². The Hall–Kier alpha value is -1.90. The number of rotatable bonds is 1. The zero-order chi connectivity index (χ0) is 15.4. The largest absolute Gasteiger partial charge is 0.372 e. The second-order valence-electron chi connectivity index (χ2n) is 5.17. The Balaban J connectivity index is 2.25. The number of benzene rings is 1. The van der Waals surface area contributed by atoms with Gasteiger partial charge in [0.15, 0.2) is 0 Å². The second kappa shape index (κ2) is 6.70. The summed E-state index contributed by atoms with van der Waals surface area (Å²) in [6.07, 6.45) is -0.109. The van der Waals surface area contributed by atoms with E-state index in [1.807, 2.05) is 13.8 Å². The molecule has 0 spiro atoms. The molecule has 0 unspecified atom stereocenters. The number of ether oxygens (including phenoxy) is 1. The summed E-state index contributed by atoms with van der Waals surface area (Å²) in [6.45, 7) is 4.94. The molecule has 1 saturated heterocycles. The molecule has 1 heterocycles. The van der Waals surface area contributed by atoms with Crippen molar-refractivity contribution in [2.24, 2.45) is 5.73 Å². The number of nitrogens with zero attached hydrogens (tertiary/aromatic N) is 1. The summed E-state index contributed by atoms with van der Waals surface area (Å²) in [5.41, 5.74) is 5.94. The first-order chi connectivity index (χ1) is 10.0. The highest BCUT2D eigenvalue weighted by molar-refractivity contribution is 5.95.